The largest absolute Gasteiger partial charge is 0.355 e. The second kappa shape index (κ2) is 14.0. The van der Waals surface area contributed by atoms with Crippen LogP contribution in [0, 0.1) is 0 Å². The maximum Gasteiger partial charge on any atom is 0.321 e. The van der Waals surface area contributed by atoms with Crippen LogP contribution in [-0.4, -0.2) is 66.1 Å². The molecule has 0 spiro atoms. The van der Waals surface area contributed by atoms with E-state index in [0.29, 0.717) is 44.2 Å². The molecule has 1 aromatic heterocycles. The molecule has 6 rings (SSSR count). The zero-order valence-electron chi connectivity index (χ0n) is 26.2. The molecule has 1 unspecified atom stereocenters. The van der Waals surface area contributed by atoms with Crippen molar-refractivity contribution in [2.24, 2.45) is 5.73 Å². The fourth-order valence-corrected chi connectivity index (χ4v) is 6.98. The highest BCUT2D eigenvalue weighted by Crippen LogP contribution is 2.35. The first-order valence-electron chi connectivity index (χ1n) is 16.1. The lowest BCUT2D eigenvalue weighted by Gasteiger charge is -2.34. The minimum Gasteiger partial charge on any atom is -0.355 e. The standard InChI is InChI=1S/C36H41ClN6O3/c1-24(44)39-15-19-43-33-6-2-5-32(37)31(33)22-34(43)28-4-3-17-41(23-28)35(45)21-29(38)20-25-7-9-26(10-8-25)27-11-13-30(14-12-27)42-18-16-40-36(42)46/h2,5-14,22,28-29H,3-4,15-21,23,38H2,1H3,(H,39,44)(H,40,46)/t28?,29-/m1/s1. The summed E-state index contributed by atoms with van der Waals surface area (Å²) < 4.78 is 2.24. The van der Waals surface area contributed by atoms with E-state index in [9.17, 15) is 14.4 Å². The van der Waals surface area contributed by atoms with Gasteiger partial charge >= 0.3 is 6.03 Å². The molecule has 0 bridgehead atoms. The molecular formula is C36H41ClN6O3. The van der Waals surface area contributed by atoms with Gasteiger partial charge in [-0.3, -0.25) is 14.5 Å². The fraction of sp³-hybridized carbons (Fsp3) is 0.361. The molecule has 2 saturated heterocycles. The SMILES string of the molecule is CC(=O)NCCn1c(C2CCCN(C(=O)C[C@H](N)Cc3ccc(-c4ccc(N5CCNC5=O)cc4)cc3)C2)cc2c(Cl)cccc21. The molecule has 4 N–H and O–H groups in total. The summed E-state index contributed by atoms with van der Waals surface area (Å²) in [4.78, 5) is 40.6. The van der Waals surface area contributed by atoms with E-state index in [1.807, 2.05) is 41.3 Å². The number of halogens is 1. The van der Waals surface area contributed by atoms with Crippen LogP contribution in [0.25, 0.3) is 22.0 Å². The smallest absolute Gasteiger partial charge is 0.321 e. The Kier molecular flexibility index (Phi) is 9.61. The second-order valence-electron chi connectivity index (χ2n) is 12.4. The number of hydrogen-bond donors (Lipinski definition) is 3. The normalized spacial score (nSPS) is 17.3. The van der Waals surface area contributed by atoms with Gasteiger partial charge in [-0.2, -0.15) is 0 Å². The molecule has 4 aromatic rings. The highest BCUT2D eigenvalue weighted by atomic mass is 35.5. The van der Waals surface area contributed by atoms with E-state index in [4.69, 9.17) is 17.3 Å². The first-order valence-corrected chi connectivity index (χ1v) is 16.4. The number of rotatable bonds is 10. The monoisotopic (exact) mass is 640 g/mol. The number of benzene rings is 3. The third-order valence-electron chi connectivity index (χ3n) is 9.08. The van der Waals surface area contributed by atoms with Crippen LogP contribution < -0.4 is 21.3 Å². The van der Waals surface area contributed by atoms with E-state index in [1.165, 1.54) is 6.92 Å². The maximum absolute atomic E-state index is 13.5. The Hall–Kier alpha value is -4.34. The molecule has 3 aromatic carbocycles. The third-order valence-corrected chi connectivity index (χ3v) is 9.41. The van der Waals surface area contributed by atoms with Gasteiger partial charge in [-0.15, -0.1) is 0 Å². The Morgan fingerprint density at radius 1 is 1.04 bits per heavy atom. The van der Waals surface area contributed by atoms with E-state index in [2.05, 4.69) is 51.6 Å². The number of hydrogen-bond acceptors (Lipinski definition) is 4. The summed E-state index contributed by atoms with van der Waals surface area (Å²) in [7, 11) is 0. The molecule has 4 amide bonds. The van der Waals surface area contributed by atoms with Crippen molar-refractivity contribution in [1.29, 1.82) is 0 Å². The number of fused-ring (bicyclic) bond motifs is 1. The number of amides is 4. The zero-order chi connectivity index (χ0) is 32.2. The Morgan fingerprint density at radius 3 is 2.48 bits per heavy atom. The summed E-state index contributed by atoms with van der Waals surface area (Å²) in [5.74, 6) is 0.196. The van der Waals surface area contributed by atoms with Gasteiger partial charge in [0.1, 0.15) is 0 Å². The van der Waals surface area contributed by atoms with Crippen molar-refractivity contribution in [2.75, 3.05) is 37.6 Å². The van der Waals surface area contributed by atoms with Crippen LogP contribution in [0.5, 0.6) is 0 Å². The number of nitrogens with two attached hydrogens (primary N) is 1. The molecular weight excluding hydrogens is 600 g/mol. The molecule has 2 aliphatic rings. The number of anilines is 1. The summed E-state index contributed by atoms with van der Waals surface area (Å²) in [5.41, 5.74) is 12.8. The molecule has 10 heteroatoms. The van der Waals surface area contributed by atoms with Crippen molar-refractivity contribution < 1.29 is 14.4 Å². The fourth-order valence-electron chi connectivity index (χ4n) is 6.76. The van der Waals surface area contributed by atoms with Gasteiger partial charge in [-0.05, 0) is 66.3 Å². The lowest BCUT2D eigenvalue weighted by Crippen LogP contribution is -2.42. The van der Waals surface area contributed by atoms with E-state index < -0.39 is 0 Å². The minimum atomic E-state index is -0.285. The number of piperidine rings is 1. The summed E-state index contributed by atoms with van der Waals surface area (Å²) in [6, 6.07) is 24.0. The van der Waals surface area contributed by atoms with E-state index in [1.54, 1.807) is 4.90 Å². The molecule has 2 fully saturated rings. The van der Waals surface area contributed by atoms with Gasteiger partial charge in [0.2, 0.25) is 11.8 Å². The number of carbonyl (C=O) groups is 3. The number of aromatic nitrogens is 1. The van der Waals surface area contributed by atoms with Gasteiger partial charge in [0.05, 0.1) is 0 Å². The van der Waals surface area contributed by atoms with Crippen molar-refractivity contribution in [3.63, 3.8) is 0 Å². The van der Waals surface area contributed by atoms with Gasteiger partial charge in [0, 0.05) is 91.9 Å². The van der Waals surface area contributed by atoms with Crippen molar-refractivity contribution in [3.8, 4) is 11.1 Å². The Labute approximate surface area is 274 Å². The summed E-state index contributed by atoms with van der Waals surface area (Å²) in [6.45, 7) is 5.38. The van der Waals surface area contributed by atoms with Crippen LogP contribution in [0.15, 0.2) is 72.8 Å². The Balaban J connectivity index is 1.06. The predicted octanol–water partition coefficient (Wildman–Crippen LogP) is 5.29. The van der Waals surface area contributed by atoms with Crippen molar-refractivity contribution >= 4 is 46.0 Å². The van der Waals surface area contributed by atoms with Crippen molar-refractivity contribution in [3.05, 3.63) is 89.1 Å². The Morgan fingerprint density at radius 2 is 1.78 bits per heavy atom. The first kappa shape index (κ1) is 31.6. The highest BCUT2D eigenvalue weighted by molar-refractivity contribution is 6.35. The van der Waals surface area contributed by atoms with E-state index in [0.717, 1.165) is 58.4 Å². The lowest BCUT2D eigenvalue weighted by atomic mass is 9.93. The van der Waals surface area contributed by atoms with Crippen LogP contribution in [0.3, 0.4) is 0 Å². The minimum absolute atomic E-state index is 0.0573. The van der Waals surface area contributed by atoms with Crippen molar-refractivity contribution in [1.82, 2.24) is 20.1 Å². The van der Waals surface area contributed by atoms with Crippen LogP contribution >= 0.6 is 11.6 Å². The number of nitrogens with zero attached hydrogens (tertiary/aromatic N) is 3. The van der Waals surface area contributed by atoms with Gasteiger partial charge < -0.3 is 25.8 Å². The van der Waals surface area contributed by atoms with Crippen LogP contribution in [0.2, 0.25) is 5.02 Å². The summed E-state index contributed by atoms with van der Waals surface area (Å²) >= 11 is 6.57. The van der Waals surface area contributed by atoms with Gasteiger partial charge in [-0.1, -0.05) is 54.1 Å². The zero-order valence-corrected chi connectivity index (χ0v) is 26.9. The van der Waals surface area contributed by atoms with Gasteiger partial charge in [0.25, 0.3) is 0 Å². The van der Waals surface area contributed by atoms with Gasteiger partial charge in [-0.25, -0.2) is 4.79 Å². The molecule has 2 atom stereocenters. The van der Waals surface area contributed by atoms with Crippen LogP contribution in [0.1, 0.15) is 43.4 Å². The molecule has 3 heterocycles. The predicted molar refractivity (Wildman–Crippen MR) is 183 cm³/mol. The highest BCUT2D eigenvalue weighted by Gasteiger charge is 2.28. The number of carbonyl (C=O) groups excluding carboxylic acids is 3. The average Bonchev–Trinajstić information content (AvgIpc) is 3.65. The van der Waals surface area contributed by atoms with Crippen LogP contribution in [-0.2, 0) is 22.6 Å². The van der Waals surface area contributed by atoms with Gasteiger partial charge in [0.15, 0.2) is 0 Å². The summed E-state index contributed by atoms with van der Waals surface area (Å²) in [6.07, 6.45) is 2.80. The molecule has 46 heavy (non-hydrogen) atoms. The molecule has 9 nitrogen and oxygen atoms in total. The molecule has 2 aliphatic heterocycles. The maximum atomic E-state index is 13.5. The molecule has 0 aliphatic carbocycles. The third kappa shape index (κ3) is 7.06. The van der Waals surface area contributed by atoms with E-state index in [-0.39, 0.29) is 36.2 Å². The van der Waals surface area contributed by atoms with Crippen molar-refractivity contribution in [2.45, 2.75) is 51.1 Å². The molecule has 0 saturated carbocycles. The topological polar surface area (TPSA) is 113 Å². The first-order chi connectivity index (χ1) is 22.3. The molecule has 0 radical (unpaired) electrons. The average molecular weight is 641 g/mol. The number of urea groups is 1. The Bertz CT molecular complexity index is 1720. The van der Waals surface area contributed by atoms with Crippen LogP contribution in [0.4, 0.5) is 10.5 Å². The molecule has 240 valence electrons. The quantitative estimate of drug-likeness (QED) is 0.219. The lowest BCUT2D eigenvalue weighted by molar-refractivity contribution is -0.132. The second-order valence-corrected chi connectivity index (χ2v) is 12.8. The number of nitrogens with one attached hydrogen (secondary N) is 2. The number of likely N-dealkylation sites (tertiary alicyclic amines) is 1. The summed E-state index contributed by atoms with van der Waals surface area (Å²) in [5, 5.41) is 7.42. The van der Waals surface area contributed by atoms with E-state index >= 15 is 0 Å².